The predicted molar refractivity (Wildman–Crippen MR) is 133 cm³/mol. The first-order valence-corrected chi connectivity index (χ1v) is 12.0. The molecule has 0 spiro atoms. The topological polar surface area (TPSA) is 109 Å². The van der Waals surface area contributed by atoms with Crippen LogP contribution in [0.25, 0.3) is 5.76 Å². The Morgan fingerprint density at radius 3 is 2.34 bits per heavy atom. The molecule has 0 aliphatic carbocycles. The van der Waals surface area contributed by atoms with Crippen molar-refractivity contribution in [3.63, 3.8) is 0 Å². The van der Waals surface area contributed by atoms with Crippen molar-refractivity contribution in [1.82, 2.24) is 4.98 Å². The van der Waals surface area contributed by atoms with E-state index in [2.05, 4.69) is 4.98 Å². The van der Waals surface area contributed by atoms with Crippen LogP contribution >= 0.6 is 11.3 Å². The van der Waals surface area contributed by atoms with Gasteiger partial charge >= 0.3 is 5.91 Å². The number of thiazole rings is 1. The number of aliphatic hydroxyl groups is 1. The van der Waals surface area contributed by atoms with Crippen LogP contribution in [0, 0.1) is 13.8 Å². The average Bonchev–Trinajstić information content (AvgIpc) is 3.30. The SMILES string of the molecule is CCOc1ccc(C(O)=C2C(=O)C(=O)N(c3nc(C)c(C)s3)[C@@H]2c2ccc(O)c(OCC)c2)cc1. The molecule has 0 saturated carbocycles. The van der Waals surface area contributed by atoms with Gasteiger partial charge in [-0.3, -0.25) is 14.5 Å². The number of ketones is 1. The smallest absolute Gasteiger partial charge is 0.301 e. The van der Waals surface area contributed by atoms with E-state index in [-0.39, 0.29) is 22.8 Å². The molecule has 1 amide bonds. The quantitative estimate of drug-likeness (QED) is 0.273. The van der Waals surface area contributed by atoms with Gasteiger partial charge in [-0.1, -0.05) is 6.07 Å². The third-order valence-electron chi connectivity index (χ3n) is 5.71. The number of hydrogen-bond donors (Lipinski definition) is 2. The van der Waals surface area contributed by atoms with E-state index in [1.54, 1.807) is 43.3 Å². The summed E-state index contributed by atoms with van der Waals surface area (Å²) >= 11 is 1.29. The molecule has 9 heteroatoms. The Morgan fingerprint density at radius 2 is 1.74 bits per heavy atom. The van der Waals surface area contributed by atoms with Gasteiger partial charge < -0.3 is 19.7 Å². The van der Waals surface area contributed by atoms with E-state index in [0.717, 1.165) is 10.6 Å². The van der Waals surface area contributed by atoms with Gasteiger partial charge in [0.2, 0.25) is 0 Å². The minimum absolute atomic E-state index is 0.0694. The Labute approximate surface area is 207 Å². The molecule has 0 bridgehead atoms. The summed E-state index contributed by atoms with van der Waals surface area (Å²) in [4.78, 5) is 33.3. The number of anilines is 1. The number of aryl methyl sites for hydroxylation is 2. The molecule has 182 valence electrons. The van der Waals surface area contributed by atoms with Crippen LogP contribution in [0.2, 0.25) is 0 Å². The number of amides is 1. The van der Waals surface area contributed by atoms with Crippen LogP contribution in [-0.2, 0) is 9.59 Å². The van der Waals surface area contributed by atoms with Crippen LogP contribution in [0.1, 0.15) is 41.6 Å². The highest BCUT2D eigenvalue weighted by molar-refractivity contribution is 7.16. The van der Waals surface area contributed by atoms with E-state index in [0.29, 0.717) is 35.2 Å². The molecule has 1 fully saturated rings. The van der Waals surface area contributed by atoms with E-state index < -0.39 is 17.7 Å². The number of hydrogen-bond acceptors (Lipinski definition) is 8. The van der Waals surface area contributed by atoms with Gasteiger partial charge in [-0.15, -0.1) is 11.3 Å². The highest BCUT2D eigenvalue weighted by Crippen LogP contribution is 2.45. The van der Waals surface area contributed by atoms with Crippen LogP contribution in [0.4, 0.5) is 5.13 Å². The van der Waals surface area contributed by atoms with Gasteiger partial charge in [0, 0.05) is 10.4 Å². The Kier molecular flexibility index (Phi) is 6.79. The Hall–Kier alpha value is -3.85. The summed E-state index contributed by atoms with van der Waals surface area (Å²) < 4.78 is 11.0. The molecular weight excluding hydrogens is 468 g/mol. The second kappa shape index (κ2) is 9.79. The van der Waals surface area contributed by atoms with E-state index in [4.69, 9.17) is 9.47 Å². The fourth-order valence-corrected chi connectivity index (χ4v) is 4.84. The maximum atomic E-state index is 13.3. The van der Waals surface area contributed by atoms with E-state index in [1.807, 2.05) is 20.8 Å². The van der Waals surface area contributed by atoms with Crippen LogP contribution in [0.5, 0.6) is 17.2 Å². The second-order valence-electron chi connectivity index (χ2n) is 7.92. The summed E-state index contributed by atoms with van der Waals surface area (Å²) in [7, 11) is 0. The predicted octanol–water partition coefficient (Wildman–Crippen LogP) is 4.89. The monoisotopic (exact) mass is 494 g/mol. The molecule has 0 unspecified atom stereocenters. The first kappa shape index (κ1) is 24.3. The maximum Gasteiger partial charge on any atom is 0.301 e. The number of rotatable bonds is 7. The number of aromatic nitrogens is 1. The Bertz CT molecular complexity index is 1290. The summed E-state index contributed by atoms with van der Waals surface area (Å²) in [6, 6.07) is 10.3. The fraction of sp³-hybridized carbons (Fsp3) is 0.269. The van der Waals surface area contributed by atoms with Gasteiger partial charge in [-0.25, -0.2) is 4.98 Å². The molecule has 1 saturated heterocycles. The number of aromatic hydroxyl groups is 1. The fourth-order valence-electron chi connectivity index (χ4n) is 3.91. The highest BCUT2D eigenvalue weighted by atomic mass is 32.1. The maximum absolute atomic E-state index is 13.3. The number of phenolic OH excluding ortho intramolecular Hbond substituents is 1. The lowest BCUT2D eigenvalue weighted by atomic mass is 9.95. The third-order valence-corrected chi connectivity index (χ3v) is 6.78. The normalized spacial score (nSPS) is 17.1. The standard InChI is InChI=1S/C26H26N2O6S/c1-5-33-18-10-7-16(8-11-18)23(30)21-22(17-9-12-19(29)20(13-17)34-6-2)28(25(32)24(21)31)26-27-14(3)15(4)35-26/h7-13,22,29-30H,5-6H2,1-4H3/t22-/m1/s1. The van der Waals surface area contributed by atoms with Crippen molar-refractivity contribution >= 4 is 33.9 Å². The van der Waals surface area contributed by atoms with Crippen LogP contribution < -0.4 is 14.4 Å². The lowest BCUT2D eigenvalue weighted by molar-refractivity contribution is -0.132. The van der Waals surface area contributed by atoms with Gasteiger partial charge in [0.05, 0.1) is 30.5 Å². The average molecular weight is 495 g/mol. The summed E-state index contributed by atoms with van der Waals surface area (Å²) in [6.45, 7) is 8.17. The zero-order valence-electron chi connectivity index (χ0n) is 19.9. The molecule has 1 aromatic heterocycles. The number of carbonyl (C=O) groups is 2. The van der Waals surface area contributed by atoms with Crippen LogP contribution in [0.3, 0.4) is 0 Å². The molecular formula is C26H26N2O6S. The molecule has 8 nitrogen and oxygen atoms in total. The van der Waals surface area contributed by atoms with Crippen molar-refractivity contribution in [3.05, 3.63) is 69.7 Å². The molecule has 3 aromatic rings. The minimum Gasteiger partial charge on any atom is -0.507 e. The number of ether oxygens (including phenoxy) is 2. The Balaban J connectivity index is 1.91. The van der Waals surface area contributed by atoms with Crippen LogP contribution in [0.15, 0.2) is 48.0 Å². The van der Waals surface area contributed by atoms with Crippen LogP contribution in [-0.4, -0.2) is 40.1 Å². The second-order valence-corrected chi connectivity index (χ2v) is 9.11. The zero-order chi connectivity index (χ0) is 25.3. The van der Waals surface area contributed by atoms with Crippen molar-refractivity contribution in [2.75, 3.05) is 18.1 Å². The first-order valence-electron chi connectivity index (χ1n) is 11.2. The number of phenols is 1. The molecule has 1 aliphatic rings. The molecule has 0 radical (unpaired) electrons. The molecule has 35 heavy (non-hydrogen) atoms. The lowest BCUT2D eigenvalue weighted by Gasteiger charge is -2.23. The largest absolute Gasteiger partial charge is 0.507 e. The van der Waals surface area contributed by atoms with Crippen molar-refractivity contribution in [2.45, 2.75) is 33.7 Å². The van der Waals surface area contributed by atoms with Gasteiger partial charge in [-0.05, 0) is 69.7 Å². The Morgan fingerprint density at radius 1 is 1.06 bits per heavy atom. The summed E-state index contributed by atoms with van der Waals surface area (Å²) in [5, 5.41) is 21.8. The molecule has 1 atom stereocenters. The third kappa shape index (κ3) is 4.46. The highest BCUT2D eigenvalue weighted by Gasteiger charge is 2.48. The number of nitrogens with zero attached hydrogens (tertiary/aromatic N) is 2. The summed E-state index contributed by atoms with van der Waals surface area (Å²) in [5.74, 6) is -1.16. The van der Waals surface area contributed by atoms with Gasteiger partial charge in [-0.2, -0.15) is 0 Å². The van der Waals surface area contributed by atoms with Gasteiger partial charge in [0.1, 0.15) is 11.5 Å². The number of carbonyl (C=O) groups excluding carboxylic acids is 2. The van der Waals surface area contributed by atoms with E-state index in [9.17, 15) is 19.8 Å². The van der Waals surface area contributed by atoms with Crippen molar-refractivity contribution in [1.29, 1.82) is 0 Å². The van der Waals surface area contributed by atoms with Gasteiger partial charge in [0.25, 0.3) is 5.78 Å². The summed E-state index contributed by atoms with van der Waals surface area (Å²) in [6.07, 6.45) is 0. The first-order chi connectivity index (χ1) is 16.8. The molecule has 2 aromatic carbocycles. The zero-order valence-corrected chi connectivity index (χ0v) is 20.7. The van der Waals surface area contributed by atoms with Crippen molar-refractivity contribution in [2.24, 2.45) is 0 Å². The van der Waals surface area contributed by atoms with E-state index in [1.165, 1.54) is 22.3 Å². The van der Waals surface area contributed by atoms with Crippen molar-refractivity contribution < 1.29 is 29.3 Å². The number of Topliss-reactive ketones (excluding diaryl/α,β-unsaturated/α-hetero) is 1. The number of benzene rings is 2. The molecule has 1 aliphatic heterocycles. The lowest BCUT2D eigenvalue weighted by Crippen LogP contribution is -2.29. The molecule has 2 N–H and O–H groups in total. The van der Waals surface area contributed by atoms with Gasteiger partial charge in [0.15, 0.2) is 16.6 Å². The molecule has 4 rings (SSSR count). The summed E-state index contributed by atoms with van der Waals surface area (Å²) in [5.41, 5.74) is 1.53. The molecule has 2 heterocycles. The number of aliphatic hydroxyl groups excluding tert-OH is 1. The minimum atomic E-state index is -0.966. The van der Waals surface area contributed by atoms with E-state index >= 15 is 0 Å². The van der Waals surface area contributed by atoms with Crippen molar-refractivity contribution in [3.8, 4) is 17.2 Å².